The molecule has 11 N–H and O–H groups in total. The molecule has 0 amide bonds. The largest absolute Gasteiger partial charge is 0.458 e. The summed E-state index contributed by atoms with van der Waals surface area (Å²) < 4.78 is 62.9. The Morgan fingerprint density at radius 3 is 1.96 bits per heavy atom. The van der Waals surface area contributed by atoms with Crippen molar-refractivity contribution in [3.63, 3.8) is 0 Å². The van der Waals surface area contributed by atoms with Gasteiger partial charge in [0.25, 0.3) is 0 Å². The van der Waals surface area contributed by atoms with E-state index >= 15 is 0 Å². The third-order valence-corrected chi connectivity index (χ3v) is 20.0. The van der Waals surface area contributed by atoms with Crippen molar-refractivity contribution in [1.82, 2.24) is 5.32 Å². The highest BCUT2D eigenvalue weighted by Crippen LogP contribution is 2.70. The lowest BCUT2D eigenvalue weighted by Gasteiger charge is -2.59. The first-order valence-electron chi connectivity index (χ1n) is 27.2. The quantitative estimate of drug-likeness (QED) is 0.0920. The maximum Gasteiger partial charge on any atom is 0.303 e. The Hall–Kier alpha value is -1.59. The Labute approximate surface area is 431 Å². The van der Waals surface area contributed by atoms with Gasteiger partial charge in [-0.1, -0.05) is 32.4 Å². The molecule has 9 fully saturated rings. The van der Waals surface area contributed by atoms with Crippen molar-refractivity contribution in [2.45, 2.75) is 247 Å². The van der Waals surface area contributed by atoms with Gasteiger partial charge in [0.15, 0.2) is 25.2 Å². The number of carbonyl (C=O) groups excluding carboxylic acids is 1. The van der Waals surface area contributed by atoms with Crippen molar-refractivity contribution >= 4 is 5.97 Å². The summed E-state index contributed by atoms with van der Waals surface area (Å²) in [6, 6.07) is 0. The van der Waals surface area contributed by atoms with Crippen molar-refractivity contribution in [3.8, 4) is 0 Å². The Morgan fingerprint density at radius 1 is 0.703 bits per heavy atom. The minimum absolute atomic E-state index is 0.0878. The second-order valence-electron chi connectivity index (χ2n) is 24.4. The second kappa shape index (κ2) is 20.8. The average Bonchev–Trinajstić information content (AvgIpc) is 3.81. The maximum absolute atomic E-state index is 11.9. The average molecular weight is 1060 g/mol. The van der Waals surface area contributed by atoms with E-state index in [-0.39, 0.29) is 28.8 Å². The molecule has 0 aromatic carbocycles. The third-order valence-electron chi connectivity index (χ3n) is 20.0. The molecule has 0 aromatic heterocycles. The van der Waals surface area contributed by atoms with Gasteiger partial charge in [0.2, 0.25) is 0 Å². The van der Waals surface area contributed by atoms with Gasteiger partial charge in [-0.05, 0) is 113 Å². The number of fused-ring (bicyclic) bond motifs is 7. The monoisotopic (exact) mass is 1060 g/mol. The Balaban J connectivity index is 0.901. The lowest BCUT2D eigenvalue weighted by Crippen LogP contribution is -2.68. The van der Waals surface area contributed by atoms with Crippen LogP contribution in [0.15, 0.2) is 11.6 Å². The standard InChI is InChI=1S/C52H83NO21/c1-21-33-31(74-52(21)15-14-49(5,20-53-52)73-24(4)55)17-29-27-9-8-25-16-26(10-12-50(25,6)28(27)11-13-51(29,33)7)68-48-44(72-47-41(64)38(61)35(58)23(3)67-47)43(71-45-39(62)36(59)30(56)19-65-45)42(32(18-54)69-48)70-46-40(63)37(60)34(57)22(2)66-46/h8,21-23,26-48,53-54,56-64H,9-20H2,1-7H3/t21-,22-,23-,26-,27+,28-,29-,30-,31-,32+,33-,34-,35-,36-,37+,38+,39+,40+,41+,42+,43-,44+,45-,46-,47-,48+,49-,50-,51-,52+/m0/s1. The van der Waals surface area contributed by atoms with E-state index in [1.807, 2.05) is 6.92 Å². The highest BCUT2D eigenvalue weighted by molar-refractivity contribution is 5.66. The van der Waals surface area contributed by atoms with Crippen molar-refractivity contribution in [2.24, 2.45) is 40.4 Å². The highest BCUT2D eigenvalue weighted by atomic mass is 16.8. The van der Waals surface area contributed by atoms with E-state index in [1.165, 1.54) is 26.3 Å². The number of piperidine rings is 1. The zero-order chi connectivity index (χ0) is 53.1. The van der Waals surface area contributed by atoms with Gasteiger partial charge in [0.1, 0.15) is 90.7 Å². The van der Waals surface area contributed by atoms with Gasteiger partial charge >= 0.3 is 5.97 Å². The van der Waals surface area contributed by atoms with Crippen LogP contribution in [0.3, 0.4) is 0 Å². The molecular weight excluding hydrogens is 975 g/mol. The normalized spacial score (nSPS) is 56.4. The van der Waals surface area contributed by atoms with Gasteiger partial charge < -0.3 is 98.4 Å². The summed E-state index contributed by atoms with van der Waals surface area (Å²) in [5.41, 5.74) is 0.209. The Morgan fingerprint density at radius 2 is 1.34 bits per heavy atom. The molecular formula is C52H83NO21. The molecule has 422 valence electrons. The first kappa shape index (κ1) is 55.7. The van der Waals surface area contributed by atoms with Crippen LogP contribution in [0.5, 0.6) is 0 Å². The highest BCUT2D eigenvalue weighted by Gasteiger charge is 2.69. The number of allylic oxidation sites excluding steroid dienone is 1. The molecule has 0 bridgehead atoms. The van der Waals surface area contributed by atoms with Crippen molar-refractivity contribution in [2.75, 3.05) is 19.8 Å². The van der Waals surface area contributed by atoms with E-state index in [4.69, 9.17) is 47.4 Å². The number of esters is 1. The summed E-state index contributed by atoms with van der Waals surface area (Å²) in [7, 11) is 0. The molecule has 6 aliphatic heterocycles. The number of aliphatic hydroxyl groups is 10. The van der Waals surface area contributed by atoms with Crippen molar-refractivity contribution in [3.05, 3.63) is 11.6 Å². The lowest BCUT2D eigenvalue weighted by atomic mass is 9.47. The van der Waals surface area contributed by atoms with Crippen LogP contribution < -0.4 is 5.32 Å². The number of aliphatic hydroxyl groups excluding tert-OH is 10. The molecule has 3 saturated carbocycles. The smallest absolute Gasteiger partial charge is 0.303 e. The SMILES string of the molecule is CC(=O)O[C@@]1(C)CC[C@@]2(NC1)O[C@H]1C[C@H]3[C@@H]4CC=C5C[C@@H](O[C@@H]6O[C@H](CO)[C@@H](O[C@@H]7O[C@@H](C)[C@H](O)[C@@H](O)[C@H]7O)[C@H](O[C@@H]7OC[C@H](O)[C@H](O)[C@H]7O)[C@H]6O[C@@H]6O[C@@H](C)[C@H](O)[C@@H](O)[C@H]6O)CC[C@]5(C)[C@H]4CC[C@]3(C)[C@H]1[C@@H]2C. The summed E-state index contributed by atoms with van der Waals surface area (Å²) in [6.45, 7) is 12.9. The van der Waals surface area contributed by atoms with Crippen LogP contribution in [0.4, 0.5) is 0 Å². The fraction of sp³-hybridized carbons (Fsp3) is 0.942. The van der Waals surface area contributed by atoms with Gasteiger partial charge in [0, 0.05) is 19.4 Å². The van der Waals surface area contributed by atoms with E-state index in [0.717, 1.165) is 44.9 Å². The van der Waals surface area contributed by atoms with Gasteiger partial charge in [-0.2, -0.15) is 0 Å². The minimum Gasteiger partial charge on any atom is -0.458 e. The Kier molecular flexibility index (Phi) is 15.7. The Bertz CT molecular complexity index is 2030. The molecule has 0 aromatic rings. The van der Waals surface area contributed by atoms with Crippen LogP contribution in [-0.2, 0) is 52.2 Å². The molecule has 30 atom stereocenters. The van der Waals surface area contributed by atoms with Crippen LogP contribution in [0, 0.1) is 40.4 Å². The molecule has 22 heteroatoms. The van der Waals surface area contributed by atoms with E-state index in [1.54, 1.807) is 0 Å². The van der Waals surface area contributed by atoms with E-state index in [2.05, 4.69) is 32.2 Å². The number of rotatable bonds is 10. The molecule has 6 heterocycles. The van der Waals surface area contributed by atoms with Crippen LogP contribution in [-0.4, -0.2) is 217 Å². The number of ether oxygens (including phenoxy) is 10. The van der Waals surface area contributed by atoms with E-state index < -0.39 is 147 Å². The van der Waals surface area contributed by atoms with Crippen LogP contribution in [0.1, 0.15) is 106 Å². The predicted octanol–water partition coefficient (Wildman–Crippen LogP) is -1.04. The molecule has 4 aliphatic carbocycles. The number of carbonyl (C=O) groups is 1. The summed E-state index contributed by atoms with van der Waals surface area (Å²) in [6.07, 6.45) is -20.3. The zero-order valence-corrected chi connectivity index (χ0v) is 43.5. The molecule has 74 heavy (non-hydrogen) atoms. The number of nitrogens with one attached hydrogen (secondary N) is 1. The first-order chi connectivity index (χ1) is 34.9. The predicted molar refractivity (Wildman–Crippen MR) is 252 cm³/mol. The van der Waals surface area contributed by atoms with Gasteiger partial charge in [-0.15, -0.1) is 0 Å². The number of hydrogen-bond donors (Lipinski definition) is 11. The van der Waals surface area contributed by atoms with E-state index in [9.17, 15) is 55.9 Å². The summed E-state index contributed by atoms with van der Waals surface area (Å²) in [5.74, 6) is 1.73. The van der Waals surface area contributed by atoms with Crippen molar-refractivity contribution in [1.29, 1.82) is 0 Å². The molecule has 22 nitrogen and oxygen atoms in total. The van der Waals surface area contributed by atoms with Crippen molar-refractivity contribution < 1.29 is 103 Å². The van der Waals surface area contributed by atoms with Crippen LogP contribution >= 0.6 is 0 Å². The van der Waals surface area contributed by atoms with Gasteiger partial charge in [0.05, 0.1) is 37.6 Å². The van der Waals surface area contributed by atoms with E-state index in [0.29, 0.717) is 43.1 Å². The second-order valence-corrected chi connectivity index (χ2v) is 24.4. The van der Waals surface area contributed by atoms with Gasteiger partial charge in [-0.25, -0.2) is 0 Å². The molecule has 6 saturated heterocycles. The van der Waals surface area contributed by atoms with Crippen LogP contribution in [0.2, 0.25) is 0 Å². The fourth-order valence-electron chi connectivity index (χ4n) is 15.7. The summed E-state index contributed by atoms with van der Waals surface area (Å²) in [5, 5.41) is 112. The maximum atomic E-state index is 11.9. The van der Waals surface area contributed by atoms with Crippen LogP contribution in [0.25, 0.3) is 0 Å². The molecule has 0 radical (unpaired) electrons. The first-order valence-corrected chi connectivity index (χ1v) is 27.2. The fourth-order valence-corrected chi connectivity index (χ4v) is 15.7. The summed E-state index contributed by atoms with van der Waals surface area (Å²) in [4.78, 5) is 11.9. The molecule has 10 rings (SSSR count). The lowest BCUT2D eigenvalue weighted by molar-refractivity contribution is -0.407. The third kappa shape index (κ3) is 9.56. The molecule has 10 aliphatic rings. The topological polar surface area (TPSA) is 324 Å². The number of hydrogen-bond acceptors (Lipinski definition) is 22. The summed E-state index contributed by atoms with van der Waals surface area (Å²) >= 11 is 0. The zero-order valence-electron chi connectivity index (χ0n) is 43.5. The molecule has 0 unspecified atom stereocenters. The van der Waals surface area contributed by atoms with Gasteiger partial charge in [-0.3, -0.25) is 10.1 Å². The minimum atomic E-state index is -1.84. The molecule has 1 spiro atoms.